The van der Waals surface area contributed by atoms with Gasteiger partial charge in [-0.25, -0.2) is 19.6 Å². The van der Waals surface area contributed by atoms with E-state index in [9.17, 15) is 14.7 Å². The molecule has 0 spiro atoms. The van der Waals surface area contributed by atoms with Gasteiger partial charge in [-0.05, 0) is 92.0 Å². The highest BCUT2D eigenvalue weighted by molar-refractivity contribution is 5.84. The van der Waals surface area contributed by atoms with E-state index in [4.69, 9.17) is 19.1 Å². The number of nitrogens with one attached hydrogen (secondary N) is 1. The number of H-pyrrole nitrogens is 1. The summed E-state index contributed by atoms with van der Waals surface area (Å²) in [6.07, 6.45) is 0.273. The number of ether oxygens (including phenoxy) is 1. The number of rotatable bonds is 4. The minimum atomic E-state index is -0.910. The van der Waals surface area contributed by atoms with E-state index < -0.39 is 11.7 Å². The van der Waals surface area contributed by atoms with E-state index in [-0.39, 0.29) is 18.2 Å². The van der Waals surface area contributed by atoms with Crippen LogP contribution in [0.4, 0.5) is 9.59 Å². The van der Waals surface area contributed by atoms with Crippen LogP contribution in [0.5, 0.6) is 0 Å². The molecule has 46 heavy (non-hydrogen) atoms. The summed E-state index contributed by atoms with van der Waals surface area (Å²) in [6, 6.07) is 19.9. The Balaban J connectivity index is 1.11. The van der Waals surface area contributed by atoms with Crippen molar-refractivity contribution in [2.24, 2.45) is 11.8 Å². The van der Waals surface area contributed by atoms with Gasteiger partial charge in [0.25, 0.3) is 0 Å². The first kappa shape index (κ1) is 29.8. The molecule has 4 heterocycles. The third-order valence-electron chi connectivity index (χ3n) is 8.95. The molecule has 2 aromatic heterocycles. The van der Waals surface area contributed by atoms with Crippen molar-refractivity contribution in [2.75, 3.05) is 13.1 Å². The number of amides is 2. The van der Waals surface area contributed by atoms with Crippen LogP contribution < -0.4 is 0 Å². The van der Waals surface area contributed by atoms with Crippen molar-refractivity contribution < 1.29 is 23.8 Å². The molecule has 238 valence electrons. The van der Waals surface area contributed by atoms with Crippen LogP contribution in [0.3, 0.4) is 0 Å². The number of carbonyl (C=O) groups is 2. The predicted octanol–water partition coefficient (Wildman–Crippen LogP) is 8.42. The van der Waals surface area contributed by atoms with Gasteiger partial charge in [0, 0.05) is 13.1 Å². The Bertz CT molecular complexity index is 1940. The maximum Gasteiger partial charge on any atom is 0.410 e. The van der Waals surface area contributed by atoms with Gasteiger partial charge < -0.3 is 19.2 Å². The van der Waals surface area contributed by atoms with Crippen LogP contribution in [0.1, 0.15) is 71.3 Å². The molecule has 5 aromatic rings. The van der Waals surface area contributed by atoms with Crippen LogP contribution in [-0.4, -0.2) is 60.7 Å². The van der Waals surface area contributed by atoms with E-state index in [1.807, 2.05) is 51.1 Å². The molecule has 4 atom stereocenters. The zero-order valence-electron chi connectivity index (χ0n) is 26.8. The molecule has 2 amide bonds. The lowest BCUT2D eigenvalue weighted by Crippen LogP contribution is -2.36. The number of aromatic nitrogens is 3. The molecule has 10 nitrogen and oxygen atoms in total. The number of fused-ring (bicyclic) bond motifs is 2. The molecule has 2 aliphatic rings. The van der Waals surface area contributed by atoms with Crippen molar-refractivity contribution >= 4 is 34.3 Å². The van der Waals surface area contributed by atoms with Gasteiger partial charge in [-0.15, -0.1) is 0 Å². The first-order chi connectivity index (χ1) is 21.9. The highest BCUT2D eigenvalue weighted by Crippen LogP contribution is 2.39. The van der Waals surface area contributed by atoms with Gasteiger partial charge in [0.05, 0.1) is 17.1 Å². The summed E-state index contributed by atoms with van der Waals surface area (Å²) in [5, 5.41) is 9.66. The Hall–Kier alpha value is -4.86. The van der Waals surface area contributed by atoms with Crippen LogP contribution in [0.2, 0.25) is 0 Å². The Morgan fingerprint density at radius 2 is 1.43 bits per heavy atom. The monoisotopic (exact) mass is 621 g/mol. The van der Waals surface area contributed by atoms with Crippen molar-refractivity contribution in [1.82, 2.24) is 24.8 Å². The number of likely N-dealkylation sites (tertiary alicyclic amines) is 2. The molecule has 3 aromatic carbocycles. The lowest BCUT2D eigenvalue weighted by Gasteiger charge is -2.27. The molecule has 2 N–H and O–H groups in total. The number of hydrogen-bond acceptors (Lipinski definition) is 6. The van der Waals surface area contributed by atoms with Crippen LogP contribution in [-0.2, 0) is 4.74 Å². The minimum absolute atomic E-state index is 0.258. The second-order valence-corrected chi connectivity index (χ2v) is 13.9. The van der Waals surface area contributed by atoms with Gasteiger partial charge in [-0.3, -0.25) is 9.80 Å². The highest BCUT2D eigenvalue weighted by atomic mass is 16.6. The predicted molar refractivity (Wildman–Crippen MR) is 175 cm³/mol. The number of aromatic amines is 1. The Morgan fingerprint density at radius 1 is 0.826 bits per heavy atom. The molecule has 2 aliphatic heterocycles. The Labute approximate surface area is 267 Å². The number of nitrogens with zero attached hydrogens (tertiary/aromatic N) is 4. The van der Waals surface area contributed by atoms with E-state index in [0.29, 0.717) is 42.2 Å². The SMILES string of the molecule is C[C@H]1C[C@@H](c2nc3cc(-c4ccc(-c5ccc6nc([C@@H]7C[C@H](C)CN7C(=O)OC(C)(C)C)oc6c5)cc4)ccc3[nH]2)N(C(=O)O)C1. The Kier molecular flexibility index (Phi) is 7.25. The summed E-state index contributed by atoms with van der Waals surface area (Å²) >= 11 is 0. The van der Waals surface area contributed by atoms with Gasteiger partial charge in [-0.2, -0.15) is 0 Å². The second kappa shape index (κ2) is 11.2. The number of imidazole rings is 1. The maximum absolute atomic E-state index is 12.9. The van der Waals surface area contributed by atoms with Crippen molar-refractivity contribution in [3.05, 3.63) is 72.4 Å². The summed E-state index contributed by atoms with van der Waals surface area (Å²) < 4.78 is 11.9. The highest BCUT2D eigenvalue weighted by Gasteiger charge is 2.39. The molecular weight excluding hydrogens is 582 g/mol. The summed E-state index contributed by atoms with van der Waals surface area (Å²) in [5.74, 6) is 1.84. The first-order valence-corrected chi connectivity index (χ1v) is 15.9. The lowest BCUT2D eigenvalue weighted by atomic mass is 10.00. The zero-order chi connectivity index (χ0) is 32.3. The van der Waals surface area contributed by atoms with Crippen molar-refractivity contribution in [2.45, 2.75) is 65.1 Å². The summed E-state index contributed by atoms with van der Waals surface area (Å²) in [7, 11) is 0. The number of hydrogen-bond donors (Lipinski definition) is 2. The van der Waals surface area contributed by atoms with Gasteiger partial charge >= 0.3 is 12.2 Å². The second-order valence-electron chi connectivity index (χ2n) is 13.9. The van der Waals surface area contributed by atoms with E-state index in [2.05, 4.69) is 49.2 Å². The minimum Gasteiger partial charge on any atom is -0.465 e. The molecular formula is C36H39N5O5. The largest absolute Gasteiger partial charge is 0.465 e. The quantitative estimate of drug-likeness (QED) is 0.206. The topological polar surface area (TPSA) is 125 Å². The van der Waals surface area contributed by atoms with Gasteiger partial charge in [-0.1, -0.05) is 50.2 Å². The summed E-state index contributed by atoms with van der Waals surface area (Å²) in [5.41, 5.74) is 6.69. The number of benzene rings is 3. The molecule has 2 saturated heterocycles. The standard InChI is InChI=1S/C36H39N5O5/c1-20-14-29(40(18-20)34(42)43)32-37-26-12-10-24(16-28(26)38-32)22-6-8-23(9-7-22)25-11-13-27-31(17-25)45-33(39-27)30-15-21(2)19-41(30)35(44)46-36(3,4)5/h6-13,16-17,20-21,29-30H,14-15,18-19H2,1-5H3,(H,37,38)(H,42,43)/t20-,21-,29-,30-/m0/s1. The van der Waals surface area contributed by atoms with Gasteiger partial charge in [0.1, 0.15) is 23.0 Å². The van der Waals surface area contributed by atoms with E-state index in [1.165, 1.54) is 4.90 Å². The molecule has 2 fully saturated rings. The summed E-state index contributed by atoms with van der Waals surface area (Å²) in [6.45, 7) is 10.9. The third-order valence-corrected chi connectivity index (χ3v) is 8.95. The molecule has 0 saturated carbocycles. The molecule has 7 rings (SSSR count). The number of oxazole rings is 1. The molecule has 10 heteroatoms. The van der Waals surface area contributed by atoms with E-state index in [1.54, 1.807) is 4.90 Å². The lowest BCUT2D eigenvalue weighted by molar-refractivity contribution is 0.0201. The average Bonchev–Trinajstić information content (AvgIpc) is 3.79. The smallest absolute Gasteiger partial charge is 0.410 e. The Morgan fingerprint density at radius 3 is 2.11 bits per heavy atom. The zero-order valence-corrected chi connectivity index (χ0v) is 26.8. The molecule has 0 aliphatic carbocycles. The van der Waals surface area contributed by atoms with Crippen molar-refractivity contribution in [3.63, 3.8) is 0 Å². The van der Waals surface area contributed by atoms with Gasteiger partial charge in [0.2, 0.25) is 5.89 Å². The van der Waals surface area contributed by atoms with Crippen LogP contribution in [0.15, 0.2) is 65.1 Å². The molecule has 0 unspecified atom stereocenters. The molecule has 0 bridgehead atoms. The number of carbonyl (C=O) groups excluding carboxylic acids is 1. The average molecular weight is 622 g/mol. The fourth-order valence-electron chi connectivity index (χ4n) is 6.80. The molecule has 0 radical (unpaired) electrons. The fourth-order valence-corrected chi connectivity index (χ4v) is 6.80. The van der Waals surface area contributed by atoms with Gasteiger partial charge in [0.15, 0.2) is 5.58 Å². The third kappa shape index (κ3) is 5.68. The number of carboxylic acid groups (broad SMARTS) is 1. The van der Waals surface area contributed by atoms with E-state index >= 15 is 0 Å². The normalized spacial score (nSPS) is 21.8. The van der Waals surface area contributed by atoms with Crippen LogP contribution >= 0.6 is 0 Å². The van der Waals surface area contributed by atoms with Crippen LogP contribution in [0, 0.1) is 11.8 Å². The van der Waals surface area contributed by atoms with Crippen LogP contribution in [0.25, 0.3) is 44.4 Å². The van der Waals surface area contributed by atoms with Crippen molar-refractivity contribution in [3.8, 4) is 22.3 Å². The fraction of sp³-hybridized carbons (Fsp3) is 0.389. The summed E-state index contributed by atoms with van der Waals surface area (Å²) in [4.78, 5) is 40.8. The first-order valence-electron chi connectivity index (χ1n) is 15.9. The van der Waals surface area contributed by atoms with Crippen molar-refractivity contribution in [1.29, 1.82) is 0 Å². The maximum atomic E-state index is 12.9. The van der Waals surface area contributed by atoms with E-state index in [0.717, 1.165) is 51.6 Å².